The molecule has 0 aliphatic heterocycles. The lowest BCUT2D eigenvalue weighted by molar-refractivity contribution is -0.121. The van der Waals surface area contributed by atoms with Crippen molar-refractivity contribution in [3.05, 3.63) is 70.7 Å². The van der Waals surface area contributed by atoms with Gasteiger partial charge in [-0.05, 0) is 54.7 Å². The van der Waals surface area contributed by atoms with Gasteiger partial charge in [-0.2, -0.15) is 0 Å². The predicted molar refractivity (Wildman–Crippen MR) is 94.0 cm³/mol. The number of carbonyl (C=O) groups excluding carboxylic acids is 2. The standard InChI is InChI=1S/C20H17FN2O3/c21-17-7-2-1-6-15(17)20(25)23-22-19(24)10-14-11-26-18-9-13-5-3-4-12(13)8-16(14)18/h1-2,6-9,11H,3-5,10H2,(H,22,24)(H,23,25). The molecule has 4 rings (SSSR count). The van der Waals surface area contributed by atoms with Gasteiger partial charge in [0.05, 0.1) is 18.2 Å². The highest BCUT2D eigenvalue weighted by molar-refractivity contribution is 5.96. The number of hydrazine groups is 1. The highest BCUT2D eigenvalue weighted by Crippen LogP contribution is 2.30. The normalized spacial score (nSPS) is 12.8. The monoisotopic (exact) mass is 352 g/mol. The molecule has 26 heavy (non-hydrogen) atoms. The number of hydrogen-bond donors (Lipinski definition) is 2. The zero-order valence-corrected chi connectivity index (χ0v) is 14.0. The van der Waals surface area contributed by atoms with E-state index in [4.69, 9.17) is 4.42 Å². The van der Waals surface area contributed by atoms with Gasteiger partial charge in [-0.3, -0.25) is 20.4 Å². The average molecular weight is 352 g/mol. The molecular formula is C20H17FN2O3. The fourth-order valence-corrected chi connectivity index (χ4v) is 3.34. The lowest BCUT2D eigenvalue weighted by atomic mass is 10.0. The zero-order valence-electron chi connectivity index (χ0n) is 14.0. The number of fused-ring (bicyclic) bond motifs is 2. The molecule has 1 heterocycles. The maximum absolute atomic E-state index is 13.6. The average Bonchev–Trinajstić information content (AvgIpc) is 3.25. The molecule has 6 heteroatoms. The molecule has 1 aliphatic carbocycles. The SMILES string of the molecule is O=C(Cc1coc2cc3c(cc12)CCC3)NNC(=O)c1ccccc1F. The summed E-state index contributed by atoms with van der Waals surface area (Å²) < 4.78 is 19.1. The Balaban J connectivity index is 1.43. The molecule has 0 unspecified atom stereocenters. The second-order valence-electron chi connectivity index (χ2n) is 6.39. The number of hydrogen-bond acceptors (Lipinski definition) is 3. The summed E-state index contributed by atoms with van der Waals surface area (Å²) in [5, 5.41) is 0.918. The summed E-state index contributed by atoms with van der Waals surface area (Å²) in [6.45, 7) is 0. The van der Waals surface area contributed by atoms with Crippen LogP contribution in [-0.4, -0.2) is 11.8 Å². The van der Waals surface area contributed by atoms with E-state index in [1.807, 2.05) is 6.07 Å². The van der Waals surface area contributed by atoms with Crippen LogP contribution in [0.25, 0.3) is 11.0 Å². The number of furan rings is 1. The first-order valence-corrected chi connectivity index (χ1v) is 8.47. The van der Waals surface area contributed by atoms with Gasteiger partial charge in [-0.15, -0.1) is 0 Å². The van der Waals surface area contributed by atoms with E-state index in [1.54, 1.807) is 12.3 Å². The summed E-state index contributed by atoms with van der Waals surface area (Å²) in [5.41, 5.74) is 8.55. The number of amides is 2. The van der Waals surface area contributed by atoms with E-state index in [-0.39, 0.29) is 12.0 Å². The van der Waals surface area contributed by atoms with Gasteiger partial charge in [-0.1, -0.05) is 12.1 Å². The number of nitrogens with one attached hydrogen (secondary N) is 2. The van der Waals surface area contributed by atoms with E-state index in [0.717, 1.165) is 35.8 Å². The molecule has 1 aromatic heterocycles. The van der Waals surface area contributed by atoms with Crippen LogP contribution in [0.3, 0.4) is 0 Å². The lowest BCUT2D eigenvalue weighted by Crippen LogP contribution is -2.42. The molecule has 0 saturated heterocycles. The van der Waals surface area contributed by atoms with E-state index in [2.05, 4.69) is 16.9 Å². The van der Waals surface area contributed by atoms with Crippen molar-refractivity contribution in [1.82, 2.24) is 10.9 Å². The predicted octanol–water partition coefficient (Wildman–Crippen LogP) is 3.06. The largest absolute Gasteiger partial charge is 0.464 e. The Morgan fingerprint density at radius 3 is 2.65 bits per heavy atom. The Morgan fingerprint density at radius 1 is 1.08 bits per heavy atom. The van der Waals surface area contributed by atoms with Crippen molar-refractivity contribution in [2.75, 3.05) is 0 Å². The lowest BCUT2D eigenvalue weighted by Gasteiger charge is -2.07. The molecule has 1 aliphatic rings. The van der Waals surface area contributed by atoms with Crippen LogP contribution >= 0.6 is 0 Å². The maximum atomic E-state index is 13.6. The van der Waals surface area contributed by atoms with Gasteiger partial charge in [-0.25, -0.2) is 4.39 Å². The van der Waals surface area contributed by atoms with Gasteiger partial charge in [0.25, 0.3) is 5.91 Å². The number of halogens is 1. The second kappa shape index (κ2) is 6.63. The van der Waals surface area contributed by atoms with Crippen LogP contribution < -0.4 is 10.9 Å². The summed E-state index contributed by atoms with van der Waals surface area (Å²) in [7, 11) is 0. The van der Waals surface area contributed by atoms with Crippen LogP contribution in [0.15, 0.2) is 47.1 Å². The van der Waals surface area contributed by atoms with Gasteiger partial charge >= 0.3 is 0 Å². The summed E-state index contributed by atoms with van der Waals surface area (Å²) in [6.07, 6.45) is 4.87. The van der Waals surface area contributed by atoms with Gasteiger partial charge in [0.2, 0.25) is 5.91 Å². The number of benzene rings is 2. The Kier molecular flexibility index (Phi) is 4.16. The van der Waals surface area contributed by atoms with Crippen LogP contribution in [0.1, 0.15) is 33.5 Å². The fourth-order valence-electron chi connectivity index (χ4n) is 3.34. The van der Waals surface area contributed by atoms with E-state index >= 15 is 0 Å². The minimum Gasteiger partial charge on any atom is -0.464 e. The molecule has 0 saturated carbocycles. The van der Waals surface area contributed by atoms with Crippen molar-refractivity contribution in [3.63, 3.8) is 0 Å². The molecule has 0 atom stereocenters. The quantitative estimate of drug-likeness (QED) is 0.712. The van der Waals surface area contributed by atoms with Crippen molar-refractivity contribution >= 4 is 22.8 Å². The molecule has 5 nitrogen and oxygen atoms in total. The fraction of sp³-hybridized carbons (Fsp3) is 0.200. The van der Waals surface area contributed by atoms with Crippen LogP contribution in [0.5, 0.6) is 0 Å². The Morgan fingerprint density at radius 2 is 1.85 bits per heavy atom. The highest BCUT2D eigenvalue weighted by atomic mass is 19.1. The van der Waals surface area contributed by atoms with Gasteiger partial charge in [0, 0.05) is 10.9 Å². The molecule has 0 bridgehead atoms. The van der Waals surface area contributed by atoms with Crippen molar-refractivity contribution in [2.24, 2.45) is 0 Å². The smallest absolute Gasteiger partial charge is 0.272 e. The summed E-state index contributed by atoms with van der Waals surface area (Å²) in [6, 6.07) is 9.70. The van der Waals surface area contributed by atoms with Crippen molar-refractivity contribution < 1.29 is 18.4 Å². The minimum absolute atomic E-state index is 0.0589. The number of aryl methyl sites for hydroxylation is 2. The molecule has 2 aromatic carbocycles. The molecular weight excluding hydrogens is 335 g/mol. The second-order valence-corrected chi connectivity index (χ2v) is 6.39. The first-order chi connectivity index (χ1) is 12.6. The zero-order chi connectivity index (χ0) is 18.1. The van der Waals surface area contributed by atoms with Gasteiger partial charge < -0.3 is 4.42 Å². The van der Waals surface area contributed by atoms with Crippen LogP contribution in [0, 0.1) is 5.82 Å². The number of carbonyl (C=O) groups is 2. The topological polar surface area (TPSA) is 71.3 Å². The van der Waals surface area contributed by atoms with Gasteiger partial charge in [0.15, 0.2) is 0 Å². The summed E-state index contributed by atoms with van der Waals surface area (Å²) >= 11 is 0. The van der Waals surface area contributed by atoms with E-state index in [9.17, 15) is 14.0 Å². The molecule has 132 valence electrons. The number of rotatable bonds is 3. The third-order valence-corrected chi connectivity index (χ3v) is 4.65. The molecule has 2 amide bonds. The van der Waals surface area contributed by atoms with E-state index in [1.165, 1.54) is 29.3 Å². The highest BCUT2D eigenvalue weighted by Gasteiger charge is 2.17. The molecule has 3 aromatic rings. The third kappa shape index (κ3) is 3.06. The minimum atomic E-state index is -0.702. The van der Waals surface area contributed by atoms with E-state index in [0.29, 0.717) is 0 Å². The maximum Gasteiger partial charge on any atom is 0.272 e. The van der Waals surface area contributed by atoms with Crippen molar-refractivity contribution in [3.8, 4) is 0 Å². The van der Waals surface area contributed by atoms with Crippen LogP contribution in [0.2, 0.25) is 0 Å². The van der Waals surface area contributed by atoms with Crippen LogP contribution in [0.4, 0.5) is 4.39 Å². The Labute approximate surface area is 149 Å². The van der Waals surface area contributed by atoms with E-state index < -0.39 is 17.6 Å². The first-order valence-electron chi connectivity index (χ1n) is 8.47. The molecule has 0 spiro atoms. The van der Waals surface area contributed by atoms with Crippen molar-refractivity contribution in [2.45, 2.75) is 25.7 Å². The first kappa shape index (κ1) is 16.3. The molecule has 0 fully saturated rings. The Bertz CT molecular complexity index is 1010. The molecule has 0 radical (unpaired) electrons. The molecule has 2 N–H and O–H groups in total. The van der Waals surface area contributed by atoms with Crippen molar-refractivity contribution in [1.29, 1.82) is 0 Å². The third-order valence-electron chi connectivity index (χ3n) is 4.65. The van der Waals surface area contributed by atoms with Gasteiger partial charge in [0.1, 0.15) is 11.4 Å². The summed E-state index contributed by atoms with van der Waals surface area (Å²) in [5.74, 6) is -1.75. The summed E-state index contributed by atoms with van der Waals surface area (Å²) in [4.78, 5) is 24.1. The van der Waals surface area contributed by atoms with Crippen LogP contribution in [-0.2, 0) is 24.1 Å². The Hall–Kier alpha value is -3.15.